The van der Waals surface area contributed by atoms with Crippen molar-refractivity contribution in [3.8, 4) is 5.75 Å². The molecule has 8 heteroatoms. The van der Waals surface area contributed by atoms with Crippen LogP contribution in [0.4, 0.5) is 0 Å². The third-order valence-electron chi connectivity index (χ3n) is 7.70. The second-order valence-corrected chi connectivity index (χ2v) is 11.0. The number of benzene rings is 2. The molecule has 3 rings (SSSR count). The van der Waals surface area contributed by atoms with Gasteiger partial charge in [-0.2, -0.15) is 0 Å². The number of aryl methyl sites for hydroxylation is 2. The number of carboxylic acid groups (broad SMARTS) is 1. The number of aromatic amines is 1. The highest BCUT2D eigenvalue weighted by Gasteiger charge is 2.24. The van der Waals surface area contributed by atoms with E-state index in [1.54, 1.807) is 13.0 Å². The molecule has 3 aromatic rings. The maximum Gasteiger partial charge on any atom is 0.335 e. The maximum atomic E-state index is 13.4. The second-order valence-electron chi connectivity index (χ2n) is 11.0. The lowest BCUT2D eigenvalue weighted by Crippen LogP contribution is -2.21. The monoisotopic (exact) mass is 579 g/mol. The average molecular weight is 580 g/mol. The third kappa shape index (κ3) is 9.44. The molecule has 0 aliphatic heterocycles. The van der Waals surface area contributed by atoms with Gasteiger partial charge in [-0.25, -0.2) is 4.79 Å². The number of unbranched alkanes of at least 4 members (excludes halogenated alkanes) is 6. The summed E-state index contributed by atoms with van der Waals surface area (Å²) in [4.78, 5) is 39.9. The maximum absolute atomic E-state index is 13.4. The van der Waals surface area contributed by atoms with Crippen molar-refractivity contribution < 1.29 is 34.1 Å². The van der Waals surface area contributed by atoms with Crippen LogP contribution in [-0.4, -0.2) is 52.7 Å². The van der Waals surface area contributed by atoms with E-state index in [1.165, 1.54) is 57.3 Å². The predicted octanol–water partition coefficient (Wildman–Crippen LogP) is 6.98. The molecule has 228 valence electrons. The molecule has 0 bridgehead atoms. The number of rotatable bonds is 19. The number of ether oxygens (including phenoxy) is 2. The third-order valence-corrected chi connectivity index (χ3v) is 7.70. The number of carbonyl (C=O) groups excluding carboxylic acids is 2. The SMILES string of the molecule is CCCCCCCCc1ccc(OCC(O)Cc2[nH]c3ccc(C(=O)O)c(C)c3c2C(=O)CCCCC(=O)OC)cc1. The fraction of sp³-hybridized carbons (Fsp3) is 0.500. The average Bonchev–Trinajstić information content (AvgIpc) is 3.35. The summed E-state index contributed by atoms with van der Waals surface area (Å²) in [5, 5.41) is 21.1. The summed E-state index contributed by atoms with van der Waals surface area (Å²) < 4.78 is 10.5. The molecular formula is C34H45NO7. The molecule has 0 aliphatic rings. The van der Waals surface area contributed by atoms with Crippen LogP contribution in [0.5, 0.6) is 5.75 Å². The first-order valence-corrected chi connectivity index (χ1v) is 15.1. The molecule has 0 aliphatic carbocycles. The summed E-state index contributed by atoms with van der Waals surface area (Å²) >= 11 is 0. The van der Waals surface area contributed by atoms with E-state index in [2.05, 4.69) is 28.8 Å². The van der Waals surface area contributed by atoms with Gasteiger partial charge in [-0.3, -0.25) is 9.59 Å². The van der Waals surface area contributed by atoms with E-state index in [0.29, 0.717) is 46.3 Å². The molecule has 0 amide bonds. The van der Waals surface area contributed by atoms with Crippen LogP contribution >= 0.6 is 0 Å². The van der Waals surface area contributed by atoms with Gasteiger partial charge in [0.05, 0.1) is 18.8 Å². The Labute approximate surface area is 248 Å². The number of esters is 1. The number of H-pyrrole nitrogens is 1. The smallest absolute Gasteiger partial charge is 0.335 e. The van der Waals surface area contributed by atoms with Gasteiger partial charge in [0.15, 0.2) is 5.78 Å². The number of aliphatic hydroxyl groups is 1. The Morgan fingerprint density at radius 3 is 2.29 bits per heavy atom. The lowest BCUT2D eigenvalue weighted by molar-refractivity contribution is -0.140. The highest BCUT2D eigenvalue weighted by Crippen LogP contribution is 2.31. The Morgan fingerprint density at radius 2 is 1.60 bits per heavy atom. The molecule has 0 saturated heterocycles. The van der Waals surface area contributed by atoms with Gasteiger partial charge in [0, 0.05) is 41.4 Å². The van der Waals surface area contributed by atoms with Crippen molar-refractivity contribution in [1.82, 2.24) is 4.98 Å². The summed E-state index contributed by atoms with van der Waals surface area (Å²) in [6.07, 6.45) is 9.24. The number of carboxylic acids is 1. The quantitative estimate of drug-likeness (QED) is 0.0795. The Hall–Kier alpha value is -3.65. The Balaban J connectivity index is 1.66. The molecule has 1 heterocycles. The molecule has 2 aromatic carbocycles. The summed E-state index contributed by atoms with van der Waals surface area (Å²) in [6.45, 7) is 3.95. The minimum Gasteiger partial charge on any atom is -0.491 e. The standard InChI is InChI=1S/C34H45NO7/c1-4-5-6-7-8-9-12-24-15-17-26(18-16-24)42-22-25(36)21-29-33(30(37)13-10-11-14-31(38)41-3)32-23(2)27(34(39)40)19-20-28(32)35-29/h15-20,25,35-36H,4-14,21-22H2,1-3H3,(H,39,40). The molecule has 1 atom stereocenters. The van der Waals surface area contributed by atoms with Crippen LogP contribution in [0, 0.1) is 6.92 Å². The van der Waals surface area contributed by atoms with Gasteiger partial charge in [-0.1, -0.05) is 51.2 Å². The first kappa shape index (κ1) is 32.9. The molecule has 0 spiro atoms. The minimum absolute atomic E-state index is 0.0399. The predicted molar refractivity (Wildman–Crippen MR) is 164 cm³/mol. The van der Waals surface area contributed by atoms with Gasteiger partial charge in [0.1, 0.15) is 12.4 Å². The van der Waals surface area contributed by atoms with Gasteiger partial charge in [0.2, 0.25) is 0 Å². The molecule has 3 N–H and O–H groups in total. The number of aromatic nitrogens is 1. The van der Waals surface area contributed by atoms with Crippen LogP contribution in [-0.2, 0) is 22.4 Å². The molecule has 0 saturated carbocycles. The summed E-state index contributed by atoms with van der Waals surface area (Å²) in [6, 6.07) is 11.1. The Kier molecular flexibility index (Phi) is 13.1. The molecule has 1 aromatic heterocycles. The van der Waals surface area contributed by atoms with Gasteiger partial charge in [0.25, 0.3) is 0 Å². The number of methoxy groups -OCH3 is 1. The van der Waals surface area contributed by atoms with Crippen LogP contribution < -0.4 is 4.74 Å². The lowest BCUT2D eigenvalue weighted by atomic mass is 9.95. The van der Waals surface area contributed by atoms with E-state index < -0.39 is 12.1 Å². The molecule has 8 nitrogen and oxygen atoms in total. The fourth-order valence-corrected chi connectivity index (χ4v) is 5.34. The van der Waals surface area contributed by atoms with Gasteiger partial charge in [-0.05, 0) is 68.0 Å². The largest absolute Gasteiger partial charge is 0.491 e. The molecule has 42 heavy (non-hydrogen) atoms. The van der Waals surface area contributed by atoms with Gasteiger partial charge < -0.3 is 24.7 Å². The van der Waals surface area contributed by atoms with Gasteiger partial charge >= 0.3 is 11.9 Å². The number of hydrogen-bond acceptors (Lipinski definition) is 6. The van der Waals surface area contributed by atoms with E-state index in [4.69, 9.17) is 4.74 Å². The topological polar surface area (TPSA) is 126 Å². The van der Waals surface area contributed by atoms with Crippen LogP contribution in [0.2, 0.25) is 0 Å². The summed E-state index contributed by atoms with van der Waals surface area (Å²) in [5.74, 6) is -0.894. The zero-order chi connectivity index (χ0) is 30.5. The summed E-state index contributed by atoms with van der Waals surface area (Å²) in [5.41, 5.74) is 3.45. The van der Waals surface area contributed by atoms with Gasteiger partial charge in [-0.15, -0.1) is 0 Å². The van der Waals surface area contributed by atoms with Crippen molar-refractivity contribution in [2.45, 2.75) is 97.0 Å². The number of hydrogen-bond donors (Lipinski definition) is 3. The minimum atomic E-state index is -1.07. The molecule has 0 radical (unpaired) electrons. The Morgan fingerprint density at radius 1 is 0.905 bits per heavy atom. The van der Waals surface area contributed by atoms with Crippen LogP contribution in [0.3, 0.4) is 0 Å². The van der Waals surface area contributed by atoms with E-state index in [-0.39, 0.29) is 43.2 Å². The first-order chi connectivity index (χ1) is 20.2. The number of ketones is 1. The highest BCUT2D eigenvalue weighted by molar-refractivity contribution is 6.12. The van der Waals surface area contributed by atoms with Crippen molar-refractivity contribution in [2.75, 3.05) is 13.7 Å². The number of Topliss-reactive ketones (excluding diaryl/α,β-unsaturated/α-hetero) is 1. The van der Waals surface area contributed by atoms with E-state index in [0.717, 1.165) is 6.42 Å². The zero-order valence-electron chi connectivity index (χ0n) is 25.2. The number of aromatic carboxylic acids is 1. The van der Waals surface area contributed by atoms with Crippen LogP contribution in [0.25, 0.3) is 10.9 Å². The van der Waals surface area contributed by atoms with E-state index in [1.807, 2.05) is 12.1 Å². The second kappa shape index (κ2) is 16.7. The number of fused-ring (bicyclic) bond motifs is 1. The van der Waals surface area contributed by atoms with Crippen LogP contribution in [0.1, 0.15) is 109 Å². The van der Waals surface area contributed by atoms with Crippen molar-refractivity contribution in [1.29, 1.82) is 0 Å². The number of nitrogens with one attached hydrogen (secondary N) is 1. The van der Waals surface area contributed by atoms with E-state index in [9.17, 15) is 24.6 Å². The number of aliphatic hydroxyl groups excluding tert-OH is 1. The zero-order valence-corrected chi connectivity index (χ0v) is 25.2. The summed E-state index contributed by atoms with van der Waals surface area (Å²) in [7, 11) is 1.33. The highest BCUT2D eigenvalue weighted by atomic mass is 16.5. The van der Waals surface area contributed by atoms with Crippen molar-refractivity contribution in [3.63, 3.8) is 0 Å². The molecule has 0 fully saturated rings. The normalized spacial score (nSPS) is 11.9. The van der Waals surface area contributed by atoms with Crippen molar-refractivity contribution in [2.24, 2.45) is 0 Å². The Bertz CT molecular complexity index is 1330. The fourth-order valence-electron chi connectivity index (χ4n) is 5.34. The van der Waals surface area contributed by atoms with E-state index >= 15 is 0 Å². The van der Waals surface area contributed by atoms with Crippen molar-refractivity contribution >= 4 is 28.6 Å². The lowest BCUT2D eigenvalue weighted by Gasteiger charge is -2.13. The first-order valence-electron chi connectivity index (χ1n) is 15.1. The van der Waals surface area contributed by atoms with Crippen LogP contribution in [0.15, 0.2) is 36.4 Å². The molecular weight excluding hydrogens is 534 g/mol. The van der Waals surface area contributed by atoms with Crippen molar-refractivity contribution in [3.05, 3.63) is 64.3 Å². The number of carbonyl (C=O) groups is 3. The molecule has 1 unspecified atom stereocenters.